The average Bonchev–Trinajstić information content (AvgIpc) is 3.04. The van der Waals surface area contributed by atoms with E-state index in [0.29, 0.717) is 17.0 Å². The van der Waals surface area contributed by atoms with Crippen molar-refractivity contribution in [3.63, 3.8) is 0 Å². The van der Waals surface area contributed by atoms with Crippen molar-refractivity contribution in [2.75, 3.05) is 0 Å². The maximum atomic E-state index is 12.9. The predicted octanol–water partition coefficient (Wildman–Crippen LogP) is 5.70. The van der Waals surface area contributed by atoms with Crippen LogP contribution in [0.5, 0.6) is 0 Å². The molecule has 0 fully saturated rings. The number of aryl methyl sites for hydroxylation is 1. The quantitative estimate of drug-likeness (QED) is 0.388. The fourth-order valence-corrected chi connectivity index (χ4v) is 4.30. The van der Waals surface area contributed by atoms with Gasteiger partial charge in [-0.15, -0.1) is 0 Å². The number of benzene rings is 2. The lowest BCUT2D eigenvalue weighted by molar-refractivity contribution is -0.137. The van der Waals surface area contributed by atoms with Crippen molar-refractivity contribution in [2.24, 2.45) is 0 Å². The molecule has 35 heavy (non-hydrogen) atoms. The first-order valence-electron chi connectivity index (χ1n) is 9.92. The summed E-state index contributed by atoms with van der Waals surface area (Å²) in [6.07, 6.45) is -0.982. The first-order valence-corrected chi connectivity index (χ1v) is 12.2. The molecule has 1 amide bonds. The van der Waals surface area contributed by atoms with Gasteiger partial charge in [-0.25, -0.2) is 18.1 Å². The highest BCUT2D eigenvalue weighted by molar-refractivity contribution is 7.93. The number of hydrogen-bond donors (Lipinski definition) is 1. The molecule has 0 saturated heterocycles. The van der Waals surface area contributed by atoms with Crippen molar-refractivity contribution in [1.29, 1.82) is 0 Å². The van der Waals surface area contributed by atoms with Crippen LogP contribution >= 0.6 is 23.2 Å². The van der Waals surface area contributed by atoms with Crippen LogP contribution in [0.2, 0.25) is 10.2 Å². The van der Waals surface area contributed by atoms with E-state index in [1.807, 2.05) is 4.72 Å². The minimum atomic E-state index is -4.53. The summed E-state index contributed by atoms with van der Waals surface area (Å²) in [7, 11) is -4.06. The van der Waals surface area contributed by atoms with Gasteiger partial charge in [-0.3, -0.25) is 4.79 Å². The van der Waals surface area contributed by atoms with Gasteiger partial charge in [-0.2, -0.15) is 13.2 Å². The molecule has 184 valence electrons. The Morgan fingerprint density at radius 1 is 1.11 bits per heavy atom. The summed E-state index contributed by atoms with van der Waals surface area (Å²) < 4.78 is 66.4. The van der Waals surface area contributed by atoms with Gasteiger partial charge < -0.3 is 4.57 Å². The maximum absolute atomic E-state index is 12.9. The monoisotopic (exact) mass is 543 g/mol. The third kappa shape index (κ3) is 7.20. The van der Waals surface area contributed by atoms with Crippen LogP contribution in [0, 0.1) is 6.92 Å². The minimum Gasteiger partial charge on any atom is -0.323 e. The molecule has 0 radical (unpaired) electrons. The number of aromatic nitrogens is 2. The van der Waals surface area contributed by atoms with Crippen molar-refractivity contribution in [3.8, 4) is 0 Å². The second kappa shape index (κ2) is 10.7. The average molecular weight is 544 g/mol. The van der Waals surface area contributed by atoms with Crippen molar-refractivity contribution >= 4 is 51.3 Å². The van der Waals surface area contributed by atoms with Crippen LogP contribution in [-0.2, 0) is 27.5 Å². The predicted molar refractivity (Wildman–Crippen MR) is 129 cm³/mol. The third-order valence-corrected chi connectivity index (χ3v) is 6.35. The zero-order valence-electron chi connectivity index (χ0n) is 18.1. The fourth-order valence-electron chi connectivity index (χ4n) is 3.02. The van der Waals surface area contributed by atoms with E-state index in [2.05, 4.69) is 4.98 Å². The molecule has 3 aromatic rings. The zero-order chi connectivity index (χ0) is 25.8. The molecule has 0 aliphatic carbocycles. The number of nitrogens with one attached hydrogen (secondary N) is 1. The molecular weight excluding hydrogens is 526 g/mol. The molecular formula is C23H18Cl2F3N3O3S. The standard InChI is InChI=1S/C23H18Cl2F3N3O3S/c1-15-29-22(25)20(31(15)14-17-7-8-18(13-19(17)24)23(26,27)28)9-10-21(32)30-35(33,34)12-11-16-5-3-2-4-6-16/h2-13H,14H2,1H3,(H,30,32)/b10-9+,12-11+. The normalized spacial score (nSPS) is 12.5. The summed E-state index contributed by atoms with van der Waals surface area (Å²) in [6, 6.07) is 11.6. The van der Waals surface area contributed by atoms with Crippen LogP contribution in [0.1, 0.15) is 28.2 Å². The molecule has 12 heteroatoms. The number of hydrogen-bond acceptors (Lipinski definition) is 4. The fraction of sp³-hybridized carbons (Fsp3) is 0.130. The molecule has 2 aromatic carbocycles. The summed E-state index contributed by atoms with van der Waals surface area (Å²) in [5, 5.41) is 0.775. The molecule has 0 aliphatic heterocycles. The highest BCUT2D eigenvalue weighted by Crippen LogP contribution is 2.32. The Morgan fingerprint density at radius 2 is 1.80 bits per heavy atom. The first kappa shape index (κ1) is 26.5. The Hall–Kier alpha value is -3.08. The van der Waals surface area contributed by atoms with E-state index in [-0.39, 0.29) is 22.4 Å². The van der Waals surface area contributed by atoms with Gasteiger partial charge in [-0.05, 0) is 42.3 Å². The van der Waals surface area contributed by atoms with Crippen molar-refractivity contribution < 1.29 is 26.4 Å². The zero-order valence-corrected chi connectivity index (χ0v) is 20.4. The number of carbonyl (C=O) groups is 1. The lowest BCUT2D eigenvalue weighted by Crippen LogP contribution is -2.26. The molecule has 0 unspecified atom stereocenters. The van der Waals surface area contributed by atoms with E-state index < -0.39 is 27.7 Å². The van der Waals surface area contributed by atoms with Gasteiger partial charge in [0.1, 0.15) is 5.82 Å². The van der Waals surface area contributed by atoms with E-state index in [0.717, 1.165) is 23.6 Å². The maximum Gasteiger partial charge on any atom is 0.416 e. The molecule has 6 nitrogen and oxygen atoms in total. The molecule has 0 aliphatic rings. The van der Waals surface area contributed by atoms with Crippen LogP contribution in [0.4, 0.5) is 13.2 Å². The number of halogens is 5. The molecule has 0 bridgehead atoms. The molecule has 1 heterocycles. The van der Waals surface area contributed by atoms with Crippen LogP contribution < -0.4 is 4.72 Å². The molecule has 1 aromatic heterocycles. The first-order chi connectivity index (χ1) is 16.4. The number of carbonyl (C=O) groups excluding carboxylic acids is 1. The number of sulfonamides is 1. The van der Waals surface area contributed by atoms with Crippen LogP contribution in [0.15, 0.2) is 60.0 Å². The van der Waals surface area contributed by atoms with Gasteiger partial charge >= 0.3 is 6.18 Å². The van der Waals surface area contributed by atoms with Gasteiger partial charge in [-0.1, -0.05) is 59.6 Å². The highest BCUT2D eigenvalue weighted by Gasteiger charge is 2.31. The molecule has 0 atom stereocenters. The van der Waals surface area contributed by atoms with Crippen LogP contribution in [0.25, 0.3) is 12.2 Å². The van der Waals surface area contributed by atoms with Gasteiger partial charge in [0.05, 0.1) is 23.2 Å². The smallest absolute Gasteiger partial charge is 0.323 e. The summed E-state index contributed by atoms with van der Waals surface area (Å²) in [4.78, 5) is 16.3. The van der Waals surface area contributed by atoms with Crippen LogP contribution in [-0.4, -0.2) is 23.9 Å². The topological polar surface area (TPSA) is 81.1 Å². The lowest BCUT2D eigenvalue weighted by atomic mass is 10.1. The third-order valence-electron chi connectivity index (χ3n) is 4.74. The Morgan fingerprint density at radius 3 is 2.43 bits per heavy atom. The minimum absolute atomic E-state index is 0.0152. The second-order valence-electron chi connectivity index (χ2n) is 7.28. The summed E-state index contributed by atoms with van der Waals surface area (Å²) in [6.45, 7) is 1.63. The number of imidazole rings is 1. The molecule has 3 rings (SSSR count). The van der Waals surface area contributed by atoms with E-state index in [1.54, 1.807) is 37.3 Å². The SMILES string of the molecule is Cc1nc(Cl)c(/C=C/C(=O)NS(=O)(=O)/C=C/c2ccccc2)n1Cc1ccc(C(F)(F)F)cc1Cl. The van der Waals surface area contributed by atoms with Crippen LogP contribution in [0.3, 0.4) is 0 Å². The second-order valence-corrected chi connectivity index (χ2v) is 9.61. The Labute approximate surface area is 209 Å². The summed E-state index contributed by atoms with van der Waals surface area (Å²) in [5.41, 5.74) is 0.358. The number of amides is 1. The molecule has 0 spiro atoms. The molecule has 1 N–H and O–H groups in total. The van der Waals surface area contributed by atoms with Gasteiger partial charge in [0.15, 0.2) is 5.15 Å². The van der Waals surface area contributed by atoms with Crippen molar-refractivity contribution in [3.05, 3.63) is 98.4 Å². The van der Waals surface area contributed by atoms with E-state index in [9.17, 15) is 26.4 Å². The van der Waals surface area contributed by atoms with Gasteiger partial charge in [0.25, 0.3) is 15.9 Å². The lowest BCUT2D eigenvalue weighted by Gasteiger charge is -2.12. The van der Waals surface area contributed by atoms with Crippen molar-refractivity contribution in [2.45, 2.75) is 19.6 Å². The molecule has 0 saturated carbocycles. The number of nitrogens with zero attached hydrogens (tertiary/aromatic N) is 2. The number of rotatable bonds is 7. The number of alkyl halides is 3. The van der Waals surface area contributed by atoms with Gasteiger partial charge in [0, 0.05) is 11.1 Å². The Kier molecular flexibility index (Phi) is 8.09. The highest BCUT2D eigenvalue weighted by atomic mass is 35.5. The largest absolute Gasteiger partial charge is 0.416 e. The van der Waals surface area contributed by atoms with E-state index in [4.69, 9.17) is 23.2 Å². The summed E-state index contributed by atoms with van der Waals surface area (Å²) >= 11 is 12.2. The van der Waals surface area contributed by atoms with E-state index in [1.165, 1.54) is 22.8 Å². The summed E-state index contributed by atoms with van der Waals surface area (Å²) in [5.74, 6) is -0.527. The Bertz CT molecular complexity index is 1400. The Balaban J connectivity index is 1.77. The van der Waals surface area contributed by atoms with Crippen molar-refractivity contribution in [1.82, 2.24) is 14.3 Å². The van der Waals surface area contributed by atoms with E-state index >= 15 is 0 Å². The van der Waals surface area contributed by atoms with Gasteiger partial charge in [0.2, 0.25) is 0 Å².